The van der Waals surface area contributed by atoms with Crippen LogP contribution in [0.2, 0.25) is 0 Å². The number of Topliss-reactive ketones (excluding diaryl/α,β-unsaturated/α-hetero) is 1. The average molecular weight is 421 g/mol. The van der Waals surface area contributed by atoms with Crippen LogP contribution >= 0.6 is 0 Å². The highest BCUT2D eigenvalue weighted by Gasteiger charge is 2.15. The second-order valence-corrected chi connectivity index (χ2v) is 6.61. The Morgan fingerprint density at radius 3 is 2.32 bits per heavy atom. The lowest BCUT2D eigenvalue weighted by molar-refractivity contribution is -0.132. The number of carboxylic acid groups (broad SMARTS) is 1. The molecule has 0 radical (unpaired) electrons. The predicted octanol–water partition coefficient (Wildman–Crippen LogP) is 5.40. The van der Waals surface area contributed by atoms with Gasteiger partial charge in [0, 0.05) is 11.1 Å². The monoisotopic (exact) mass is 420 g/mol. The summed E-state index contributed by atoms with van der Waals surface area (Å²) in [6, 6.07) is 16.8. The number of benzene rings is 2. The minimum absolute atomic E-state index is 0.0118. The lowest BCUT2D eigenvalue weighted by atomic mass is 10.1. The molecule has 3 aromatic rings. The third-order valence-corrected chi connectivity index (χ3v) is 4.47. The van der Waals surface area contributed by atoms with Gasteiger partial charge >= 0.3 is 5.97 Å². The number of ether oxygens (including phenoxy) is 1. The standard InChI is InChI=1S/C23H22N2O4.C2H6/c1-16(23(27)28)12-13-17(2)29-15-22-24-19-10-6-7-11-20(19)25(22)14-21(26)18-8-4-3-5-9-18;1-2/h3-13H,14-15H2,1-2H3,(H,27,28);1-2H3/b16-12+,17-13+;. The minimum Gasteiger partial charge on any atom is -0.490 e. The van der Waals surface area contributed by atoms with Crippen LogP contribution in [0.4, 0.5) is 0 Å². The Balaban J connectivity index is 0.00000166. The fourth-order valence-electron chi connectivity index (χ4n) is 2.81. The summed E-state index contributed by atoms with van der Waals surface area (Å²) in [4.78, 5) is 28.2. The van der Waals surface area contributed by atoms with Crippen molar-refractivity contribution in [3.63, 3.8) is 0 Å². The zero-order valence-corrected chi connectivity index (χ0v) is 18.3. The number of nitrogens with zero attached hydrogens (tertiary/aromatic N) is 2. The number of fused-ring (bicyclic) bond motifs is 1. The number of para-hydroxylation sites is 2. The van der Waals surface area contributed by atoms with Crippen LogP contribution in [0, 0.1) is 0 Å². The smallest absolute Gasteiger partial charge is 0.331 e. The summed E-state index contributed by atoms with van der Waals surface area (Å²) >= 11 is 0. The molecule has 0 bridgehead atoms. The van der Waals surface area contributed by atoms with Crippen molar-refractivity contribution >= 4 is 22.8 Å². The third kappa shape index (κ3) is 6.40. The van der Waals surface area contributed by atoms with E-state index in [1.165, 1.54) is 13.0 Å². The molecule has 0 fully saturated rings. The van der Waals surface area contributed by atoms with Gasteiger partial charge in [-0.25, -0.2) is 9.78 Å². The highest BCUT2D eigenvalue weighted by atomic mass is 16.5. The first-order valence-electron chi connectivity index (χ1n) is 10.2. The highest BCUT2D eigenvalue weighted by Crippen LogP contribution is 2.18. The van der Waals surface area contributed by atoms with Gasteiger partial charge in [-0.15, -0.1) is 0 Å². The van der Waals surface area contributed by atoms with Crippen LogP contribution in [0.3, 0.4) is 0 Å². The fourth-order valence-corrected chi connectivity index (χ4v) is 2.81. The van der Waals surface area contributed by atoms with Crippen molar-refractivity contribution in [3.8, 4) is 0 Å². The van der Waals surface area contributed by atoms with Gasteiger partial charge in [-0.2, -0.15) is 0 Å². The van der Waals surface area contributed by atoms with E-state index in [4.69, 9.17) is 9.84 Å². The van der Waals surface area contributed by atoms with Crippen molar-refractivity contribution in [2.75, 3.05) is 0 Å². The highest BCUT2D eigenvalue weighted by molar-refractivity contribution is 5.96. The van der Waals surface area contributed by atoms with E-state index >= 15 is 0 Å². The van der Waals surface area contributed by atoms with Crippen LogP contribution in [0.25, 0.3) is 11.0 Å². The molecule has 0 spiro atoms. The number of carboxylic acids is 1. The molecule has 0 saturated heterocycles. The van der Waals surface area contributed by atoms with Gasteiger partial charge in [-0.1, -0.05) is 56.3 Å². The van der Waals surface area contributed by atoms with Gasteiger partial charge in [0.1, 0.15) is 12.4 Å². The predicted molar refractivity (Wildman–Crippen MR) is 122 cm³/mol. The summed E-state index contributed by atoms with van der Waals surface area (Å²) < 4.78 is 7.60. The molecule has 0 aliphatic carbocycles. The topological polar surface area (TPSA) is 81.4 Å². The van der Waals surface area contributed by atoms with Crippen LogP contribution in [-0.4, -0.2) is 26.4 Å². The van der Waals surface area contributed by atoms with Crippen LogP contribution in [-0.2, 0) is 22.7 Å². The normalized spacial score (nSPS) is 11.6. The van der Waals surface area contributed by atoms with Crippen LogP contribution in [0.1, 0.15) is 43.9 Å². The number of allylic oxidation sites excluding steroid dienone is 3. The Hall–Kier alpha value is -3.67. The van der Waals surface area contributed by atoms with Crippen LogP contribution < -0.4 is 0 Å². The first-order valence-corrected chi connectivity index (χ1v) is 10.2. The second-order valence-electron chi connectivity index (χ2n) is 6.61. The van der Waals surface area contributed by atoms with E-state index in [-0.39, 0.29) is 24.5 Å². The van der Waals surface area contributed by atoms with E-state index in [9.17, 15) is 9.59 Å². The zero-order valence-electron chi connectivity index (χ0n) is 18.3. The maximum atomic E-state index is 12.7. The summed E-state index contributed by atoms with van der Waals surface area (Å²) in [5, 5.41) is 8.91. The molecule has 2 aromatic carbocycles. The molecule has 3 rings (SSSR count). The first kappa shape index (κ1) is 23.6. The largest absolute Gasteiger partial charge is 0.490 e. The summed E-state index contributed by atoms with van der Waals surface area (Å²) in [6.07, 6.45) is 3.09. The van der Waals surface area contributed by atoms with Gasteiger partial charge in [0.2, 0.25) is 0 Å². The van der Waals surface area contributed by atoms with E-state index in [0.29, 0.717) is 17.1 Å². The van der Waals surface area contributed by atoms with Crippen molar-refractivity contribution in [3.05, 3.63) is 89.5 Å². The van der Waals surface area contributed by atoms with Crippen molar-refractivity contribution < 1.29 is 19.4 Å². The number of rotatable bonds is 8. The molecule has 1 heterocycles. The zero-order chi connectivity index (χ0) is 22.8. The Labute approximate surface area is 182 Å². The van der Waals surface area contributed by atoms with Gasteiger partial charge in [-0.05, 0) is 38.1 Å². The van der Waals surface area contributed by atoms with Gasteiger partial charge in [0.25, 0.3) is 0 Å². The van der Waals surface area contributed by atoms with Gasteiger partial charge in [0.05, 0.1) is 23.3 Å². The summed E-state index contributed by atoms with van der Waals surface area (Å²) in [5.41, 5.74) is 2.50. The molecule has 0 saturated carbocycles. The fraction of sp³-hybridized carbons (Fsp3) is 0.240. The molecule has 0 unspecified atom stereocenters. The molecule has 0 aliphatic rings. The molecule has 162 valence electrons. The second kappa shape index (κ2) is 11.5. The SMILES string of the molecule is C/C(=C\C=C(/C)C(=O)O)OCc1nc2ccccc2n1CC(=O)c1ccccc1.CC. The summed E-state index contributed by atoms with van der Waals surface area (Å²) in [6.45, 7) is 7.58. The molecule has 31 heavy (non-hydrogen) atoms. The quantitative estimate of drug-likeness (QED) is 0.228. The maximum Gasteiger partial charge on any atom is 0.331 e. The number of aromatic nitrogens is 2. The van der Waals surface area contributed by atoms with Gasteiger partial charge in [-0.3, -0.25) is 4.79 Å². The van der Waals surface area contributed by atoms with Crippen molar-refractivity contribution in [1.29, 1.82) is 0 Å². The minimum atomic E-state index is -0.977. The Morgan fingerprint density at radius 2 is 1.65 bits per heavy atom. The third-order valence-electron chi connectivity index (χ3n) is 4.47. The Morgan fingerprint density at radius 1 is 1.00 bits per heavy atom. The van der Waals surface area contributed by atoms with Crippen molar-refractivity contribution in [1.82, 2.24) is 9.55 Å². The van der Waals surface area contributed by atoms with E-state index < -0.39 is 5.97 Å². The maximum absolute atomic E-state index is 12.7. The molecular weight excluding hydrogens is 392 g/mol. The van der Waals surface area contributed by atoms with E-state index in [1.54, 1.807) is 25.1 Å². The Kier molecular flexibility index (Phi) is 8.76. The van der Waals surface area contributed by atoms with Gasteiger partial charge in [0.15, 0.2) is 5.78 Å². The number of carbonyl (C=O) groups excluding carboxylic acids is 1. The van der Waals surface area contributed by atoms with E-state index in [0.717, 1.165) is 11.0 Å². The van der Waals surface area contributed by atoms with E-state index in [1.807, 2.05) is 60.9 Å². The summed E-state index contributed by atoms with van der Waals surface area (Å²) in [7, 11) is 0. The molecular formula is C25H28N2O4. The number of aliphatic carboxylic acids is 1. The number of carbonyl (C=O) groups is 2. The first-order chi connectivity index (χ1) is 15.0. The Bertz CT molecular complexity index is 1100. The molecule has 0 atom stereocenters. The van der Waals surface area contributed by atoms with Crippen molar-refractivity contribution in [2.45, 2.75) is 40.8 Å². The summed E-state index contributed by atoms with van der Waals surface area (Å²) in [5.74, 6) is 0.193. The molecule has 0 aliphatic heterocycles. The van der Waals surface area contributed by atoms with Crippen LogP contribution in [0.15, 0.2) is 78.1 Å². The van der Waals surface area contributed by atoms with E-state index in [2.05, 4.69) is 4.98 Å². The molecule has 1 aromatic heterocycles. The molecule has 0 amide bonds. The lowest BCUT2D eigenvalue weighted by Gasteiger charge is -2.10. The average Bonchev–Trinajstić information content (AvgIpc) is 3.15. The molecule has 6 nitrogen and oxygen atoms in total. The lowest BCUT2D eigenvalue weighted by Crippen LogP contribution is -2.13. The van der Waals surface area contributed by atoms with Gasteiger partial charge < -0.3 is 14.4 Å². The van der Waals surface area contributed by atoms with Crippen LogP contribution in [0.5, 0.6) is 0 Å². The number of hydrogen-bond acceptors (Lipinski definition) is 4. The molecule has 1 N–H and O–H groups in total. The molecule has 6 heteroatoms. The number of imidazole rings is 1. The number of ketones is 1. The number of hydrogen-bond donors (Lipinski definition) is 1. The van der Waals surface area contributed by atoms with Crippen molar-refractivity contribution in [2.24, 2.45) is 0 Å².